The number of carbonyl (C=O) groups excluding carboxylic acids is 1. The van der Waals surface area contributed by atoms with Crippen LogP contribution >= 0.6 is 12.4 Å². The molecule has 1 unspecified atom stereocenters. The lowest BCUT2D eigenvalue weighted by atomic mass is 9.89. The summed E-state index contributed by atoms with van der Waals surface area (Å²) in [6.07, 6.45) is 3.42. The molecule has 0 aliphatic carbocycles. The maximum atomic E-state index is 12.2. The molecule has 5 heteroatoms. The second-order valence-electron chi connectivity index (χ2n) is 6.18. The van der Waals surface area contributed by atoms with Gasteiger partial charge < -0.3 is 10.2 Å². The summed E-state index contributed by atoms with van der Waals surface area (Å²) < 4.78 is 0. The molecule has 0 saturated carbocycles. The van der Waals surface area contributed by atoms with Crippen molar-refractivity contribution in [2.45, 2.75) is 33.1 Å². The van der Waals surface area contributed by atoms with Crippen molar-refractivity contribution in [3.8, 4) is 0 Å². The third-order valence-electron chi connectivity index (χ3n) is 4.17. The van der Waals surface area contributed by atoms with E-state index in [-0.39, 0.29) is 12.4 Å². The SMILES string of the molecule is CCCN1CCCN(CC2(C)CCNC2)CC1=O.Cl. The van der Waals surface area contributed by atoms with Crippen molar-refractivity contribution in [3.63, 3.8) is 0 Å². The number of amides is 1. The Bertz CT molecular complexity index is 292. The predicted octanol–water partition coefficient (Wildman–Crippen LogP) is 1.35. The summed E-state index contributed by atoms with van der Waals surface area (Å²) in [7, 11) is 0. The predicted molar refractivity (Wildman–Crippen MR) is 80.8 cm³/mol. The fraction of sp³-hybridized carbons (Fsp3) is 0.929. The van der Waals surface area contributed by atoms with Crippen LogP contribution < -0.4 is 5.32 Å². The Labute approximate surface area is 123 Å². The minimum absolute atomic E-state index is 0. The van der Waals surface area contributed by atoms with E-state index in [1.807, 2.05) is 4.90 Å². The molecule has 0 spiro atoms. The van der Waals surface area contributed by atoms with Crippen molar-refractivity contribution in [2.75, 3.05) is 45.8 Å². The molecule has 1 amide bonds. The Kier molecular flexibility index (Phi) is 6.57. The average molecular weight is 290 g/mol. The molecule has 0 radical (unpaired) electrons. The number of hydrogen-bond acceptors (Lipinski definition) is 3. The summed E-state index contributed by atoms with van der Waals surface area (Å²) in [4.78, 5) is 16.6. The lowest BCUT2D eigenvalue weighted by Gasteiger charge is -2.30. The van der Waals surface area contributed by atoms with Crippen molar-refractivity contribution in [2.24, 2.45) is 5.41 Å². The fourth-order valence-corrected chi connectivity index (χ4v) is 3.17. The minimum Gasteiger partial charge on any atom is -0.342 e. The zero-order chi connectivity index (χ0) is 13.0. The molecular formula is C14H28ClN3O. The van der Waals surface area contributed by atoms with Gasteiger partial charge in [-0.15, -0.1) is 12.4 Å². The third kappa shape index (κ3) is 4.62. The van der Waals surface area contributed by atoms with Gasteiger partial charge in [-0.05, 0) is 31.2 Å². The minimum atomic E-state index is 0. The van der Waals surface area contributed by atoms with E-state index < -0.39 is 0 Å². The normalized spacial score (nSPS) is 29.2. The molecule has 4 nitrogen and oxygen atoms in total. The molecule has 2 rings (SSSR count). The van der Waals surface area contributed by atoms with E-state index >= 15 is 0 Å². The second kappa shape index (κ2) is 7.46. The Morgan fingerprint density at radius 3 is 2.79 bits per heavy atom. The molecule has 1 atom stereocenters. The van der Waals surface area contributed by atoms with Crippen molar-refractivity contribution in [1.82, 2.24) is 15.1 Å². The van der Waals surface area contributed by atoms with Crippen molar-refractivity contribution < 1.29 is 4.79 Å². The molecule has 0 aromatic heterocycles. The molecule has 2 aliphatic heterocycles. The van der Waals surface area contributed by atoms with Crippen molar-refractivity contribution in [1.29, 1.82) is 0 Å². The number of halogens is 1. The van der Waals surface area contributed by atoms with Gasteiger partial charge in [0.15, 0.2) is 0 Å². The lowest BCUT2D eigenvalue weighted by molar-refractivity contribution is -0.131. The van der Waals surface area contributed by atoms with Crippen molar-refractivity contribution in [3.05, 3.63) is 0 Å². The Balaban J connectivity index is 0.00000180. The first-order valence-corrected chi connectivity index (χ1v) is 7.34. The molecular weight excluding hydrogens is 262 g/mol. The van der Waals surface area contributed by atoms with Gasteiger partial charge in [0, 0.05) is 32.7 Å². The van der Waals surface area contributed by atoms with E-state index in [4.69, 9.17) is 0 Å². The van der Waals surface area contributed by atoms with Gasteiger partial charge in [0.1, 0.15) is 0 Å². The second-order valence-corrected chi connectivity index (χ2v) is 6.18. The van der Waals surface area contributed by atoms with Gasteiger partial charge in [0.2, 0.25) is 5.91 Å². The summed E-state index contributed by atoms with van der Waals surface area (Å²) in [5.74, 6) is 0.323. The average Bonchev–Trinajstić information content (AvgIpc) is 2.66. The maximum Gasteiger partial charge on any atom is 0.236 e. The van der Waals surface area contributed by atoms with Gasteiger partial charge in [-0.3, -0.25) is 9.69 Å². The van der Waals surface area contributed by atoms with E-state index in [1.165, 1.54) is 6.42 Å². The van der Waals surface area contributed by atoms with Crippen LogP contribution in [0.15, 0.2) is 0 Å². The van der Waals surface area contributed by atoms with Crippen LogP contribution in [0.25, 0.3) is 0 Å². The van der Waals surface area contributed by atoms with Gasteiger partial charge >= 0.3 is 0 Å². The lowest BCUT2D eigenvalue weighted by Crippen LogP contribution is -2.42. The monoisotopic (exact) mass is 289 g/mol. The van der Waals surface area contributed by atoms with Crippen LogP contribution in [0.3, 0.4) is 0 Å². The van der Waals surface area contributed by atoms with Crippen LogP contribution in [-0.2, 0) is 4.79 Å². The first-order valence-electron chi connectivity index (χ1n) is 7.34. The van der Waals surface area contributed by atoms with Crippen LogP contribution in [-0.4, -0.2) is 61.5 Å². The zero-order valence-electron chi connectivity index (χ0n) is 12.3. The summed E-state index contributed by atoms with van der Waals surface area (Å²) in [5.41, 5.74) is 0.361. The summed E-state index contributed by atoms with van der Waals surface area (Å²) >= 11 is 0. The zero-order valence-corrected chi connectivity index (χ0v) is 13.1. The molecule has 0 aromatic carbocycles. The number of nitrogens with one attached hydrogen (secondary N) is 1. The van der Waals surface area contributed by atoms with Gasteiger partial charge in [0.25, 0.3) is 0 Å². The molecule has 2 heterocycles. The van der Waals surface area contributed by atoms with E-state index in [0.29, 0.717) is 17.9 Å². The standard InChI is InChI=1S/C14H27N3O.ClH/c1-3-7-17-9-4-8-16(10-13(17)18)12-14(2)5-6-15-11-14;/h15H,3-12H2,1-2H3;1H. The maximum absolute atomic E-state index is 12.2. The molecule has 2 fully saturated rings. The van der Waals surface area contributed by atoms with E-state index in [0.717, 1.165) is 52.1 Å². The molecule has 1 N–H and O–H groups in total. The van der Waals surface area contributed by atoms with Crippen LogP contribution in [0.5, 0.6) is 0 Å². The smallest absolute Gasteiger partial charge is 0.236 e. The number of nitrogens with zero attached hydrogens (tertiary/aromatic N) is 2. The molecule has 2 aliphatic rings. The number of hydrogen-bond donors (Lipinski definition) is 1. The first-order chi connectivity index (χ1) is 8.63. The van der Waals surface area contributed by atoms with Gasteiger partial charge in [-0.2, -0.15) is 0 Å². The van der Waals surface area contributed by atoms with Crippen molar-refractivity contribution >= 4 is 18.3 Å². The fourth-order valence-electron chi connectivity index (χ4n) is 3.17. The first kappa shape index (κ1) is 16.7. The van der Waals surface area contributed by atoms with Gasteiger partial charge in [0.05, 0.1) is 6.54 Å². The van der Waals surface area contributed by atoms with E-state index in [1.54, 1.807) is 0 Å². The summed E-state index contributed by atoms with van der Waals surface area (Å²) in [5, 5.41) is 3.44. The molecule has 2 saturated heterocycles. The molecule has 19 heavy (non-hydrogen) atoms. The highest BCUT2D eigenvalue weighted by atomic mass is 35.5. The van der Waals surface area contributed by atoms with E-state index in [9.17, 15) is 4.79 Å². The highest BCUT2D eigenvalue weighted by molar-refractivity contribution is 5.85. The van der Waals surface area contributed by atoms with Gasteiger partial charge in [-0.1, -0.05) is 13.8 Å². The quantitative estimate of drug-likeness (QED) is 0.849. The number of rotatable bonds is 4. The van der Waals surface area contributed by atoms with Gasteiger partial charge in [-0.25, -0.2) is 0 Å². The Morgan fingerprint density at radius 2 is 2.16 bits per heavy atom. The number of carbonyl (C=O) groups is 1. The van der Waals surface area contributed by atoms with E-state index in [2.05, 4.69) is 24.1 Å². The molecule has 0 aromatic rings. The van der Waals surface area contributed by atoms with Crippen LogP contribution in [0.1, 0.15) is 33.1 Å². The largest absolute Gasteiger partial charge is 0.342 e. The summed E-state index contributed by atoms with van der Waals surface area (Å²) in [6.45, 7) is 11.3. The highest BCUT2D eigenvalue weighted by Crippen LogP contribution is 2.26. The molecule has 0 bridgehead atoms. The summed E-state index contributed by atoms with van der Waals surface area (Å²) in [6, 6.07) is 0. The molecule has 112 valence electrons. The third-order valence-corrected chi connectivity index (χ3v) is 4.17. The Morgan fingerprint density at radius 1 is 1.37 bits per heavy atom. The topological polar surface area (TPSA) is 35.6 Å². The Hall–Kier alpha value is -0.320. The van der Waals surface area contributed by atoms with Crippen LogP contribution in [0.2, 0.25) is 0 Å². The van der Waals surface area contributed by atoms with Crippen LogP contribution in [0.4, 0.5) is 0 Å². The highest BCUT2D eigenvalue weighted by Gasteiger charge is 2.32. The van der Waals surface area contributed by atoms with Crippen LogP contribution in [0, 0.1) is 5.41 Å².